The number of nitrogens with one attached hydrogen (secondary N) is 1. The van der Waals surface area contributed by atoms with Crippen molar-refractivity contribution < 1.29 is 8.78 Å². The van der Waals surface area contributed by atoms with Crippen LogP contribution in [0.5, 0.6) is 0 Å². The van der Waals surface area contributed by atoms with Gasteiger partial charge in [-0.3, -0.25) is 4.99 Å². The van der Waals surface area contributed by atoms with Gasteiger partial charge in [-0.05, 0) is 19.8 Å². The molecule has 0 aromatic heterocycles. The van der Waals surface area contributed by atoms with E-state index in [9.17, 15) is 8.78 Å². The average molecular weight is 177 g/mol. The van der Waals surface area contributed by atoms with Crippen LogP contribution < -0.4 is 11.1 Å². The summed E-state index contributed by atoms with van der Waals surface area (Å²) >= 11 is 0. The van der Waals surface area contributed by atoms with Crippen LogP contribution in [-0.2, 0) is 0 Å². The number of aliphatic imine (C=N–C) groups is 1. The minimum atomic E-state index is -2.40. The minimum Gasteiger partial charge on any atom is -0.370 e. The summed E-state index contributed by atoms with van der Waals surface area (Å²) in [5.74, 6) is 0.130. The van der Waals surface area contributed by atoms with Crippen molar-refractivity contribution in [2.75, 3.05) is 0 Å². The molecular formula is C7H13F2N3. The molecule has 0 aliphatic heterocycles. The Balaban J connectivity index is 2.28. The predicted octanol–water partition coefficient (Wildman–Crippen LogP) is 0.707. The molecule has 70 valence electrons. The first-order valence-corrected chi connectivity index (χ1v) is 3.97. The van der Waals surface area contributed by atoms with E-state index in [1.165, 1.54) is 6.92 Å². The van der Waals surface area contributed by atoms with Crippen molar-refractivity contribution in [2.24, 2.45) is 10.7 Å². The minimum absolute atomic E-state index is 0.130. The van der Waals surface area contributed by atoms with E-state index in [1.807, 2.05) is 0 Å². The summed E-state index contributed by atoms with van der Waals surface area (Å²) in [7, 11) is 0. The third kappa shape index (κ3) is 3.02. The quantitative estimate of drug-likeness (QED) is 0.492. The van der Waals surface area contributed by atoms with Gasteiger partial charge in [-0.25, -0.2) is 8.78 Å². The number of hydrogen-bond donors (Lipinski definition) is 2. The van der Waals surface area contributed by atoms with Crippen LogP contribution in [0.25, 0.3) is 0 Å². The lowest BCUT2D eigenvalue weighted by atomic mass is 10.4. The largest absolute Gasteiger partial charge is 0.370 e. The van der Waals surface area contributed by atoms with Crippen LogP contribution in [0.3, 0.4) is 0 Å². The number of halogens is 2. The second-order valence-electron chi connectivity index (χ2n) is 3.01. The molecule has 0 aromatic rings. The van der Waals surface area contributed by atoms with Gasteiger partial charge in [-0.1, -0.05) is 0 Å². The Morgan fingerprint density at radius 1 is 1.58 bits per heavy atom. The van der Waals surface area contributed by atoms with Gasteiger partial charge in [-0.2, -0.15) is 0 Å². The molecule has 1 aliphatic carbocycles. The van der Waals surface area contributed by atoms with Gasteiger partial charge in [0.25, 0.3) is 6.43 Å². The van der Waals surface area contributed by atoms with Crippen molar-refractivity contribution in [3.05, 3.63) is 0 Å². The molecule has 5 heteroatoms. The molecule has 0 saturated heterocycles. The molecule has 0 radical (unpaired) electrons. The number of nitrogens with two attached hydrogens (primary N) is 1. The summed E-state index contributed by atoms with van der Waals surface area (Å²) in [6.07, 6.45) is -0.366. The van der Waals surface area contributed by atoms with Crippen LogP contribution in [0.1, 0.15) is 19.8 Å². The topological polar surface area (TPSA) is 50.4 Å². The smallest absolute Gasteiger partial charge is 0.258 e. The van der Waals surface area contributed by atoms with E-state index in [-0.39, 0.29) is 12.0 Å². The zero-order valence-corrected chi connectivity index (χ0v) is 6.93. The Bertz CT molecular complexity index is 177. The lowest BCUT2D eigenvalue weighted by Crippen LogP contribution is -2.42. The van der Waals surface area contributed by atoms with Crippen LogP contribution in [0, 0.1) is 0 Å². The van der Waals surface area contributed by atoms with Crippen LogP contribution in [0.15, 0.2) is 4.99 Å². The lowest BCUT2D eigenvalue weighted by molar-refractivity contribution is 0.115. The van der Waals surface area contributed by atoms with Gasteiger partial charge in [0.05, 0.1) is 12.1 Å². The predicted molar refractivity (Wildman–Crippen MR) is 43.2 cm³/mol. The summed E-state index contributed by atoms with van der Waals surface area (Å²) in [4.78, 5) is 3.96. The number of nitrogens with zero attached hydrogens (tertiary/aromatic N) is 1. The number of guanidine groups is 1. The van der Waals surface area contributed by atoms with Crippen LogP contribution in [0.2, 0.25) is 0 Å². The molecular weight excluding hydrogens is 164 g/mol. The fraction of sp³-hybridized carbons (Fsp3) is 0.857. The molecule has 3 nitrogen and oxygen atoms in total. The van der Waals surface area contributed by atoms with Gasteiger partial charge >= 0.3 is 0 Å². The van der Waals surface area contributed by atoms with Crippen LogP contribution in [-0.4, -0.2) is 24.5 Å². The van der Waals surface area contributed by atoms with E-state index in [2.05, 4.69) is 10.3 Å². The standard InChI is InChI=1S/C7H13F2N3/c1-4(6(8)9)11-7(10)12-5-2-3-5/h4-6H,2-3H2,1H3,(H3,10,11,12). The highest BCUT2D eigenvalue weighted by atomic mass is 19.3. The number of hydrogen-bond acceptors (Lipinski definition) is 1. The third-order valence-corrected chi connectivity index (χ3v) is 1.62. The van der Waals surface area contributed by atoms with Gasteiger partial charge in [0.15, 0.2) is 5.96 Å². The molecule has 3 N–H and O–H groups in total. The summed E-state index contributed by atoms with van der Waals surface area (Å²) in [6.45, 7) is 1.37. The van der Waals surface area contributed by atoms with E-state index >= 15 is 0 Å². The van der Waals surface area contributed by atoms with E-state index in [0.29, 0.717) is 0 Å². The fourth-order valence-corrected chi connectivity index (χ4v) is 0.734. The molecule has 1 aliphatic rings. The molecule has 1 unspecified atom stereocenters. The second kappa shape index (κ2) is 3.69. The Morgan fingerprint density at radius 3 is 2.58 bits per heavy atom. The Morgan fingerprint density at radius 2 is 2.17 bits per heavy atom. The molecule has 1 saturated carbocycles. The van der Waals surface area contributed by atoms with E-state index in [4.69, 9.17) is 5.73 Å². The highest BCUT2D eigenvalue weighted by Gasteiger charge is 2.21. The SMILES string of the molecule is CC(NC(N)=NC1CC1)C(F)F. The zero-order chi connectivity index (χ0) is 9.14. The zero-order valence-electron chi connectivity index (χ0n) is 6.93. The van der Waals surface area contributed by atoms with Crippen molar-refractivity contribution in [3.63, 3.8) is 0 Å². The third-order valence-electron chi connectivity index (χ3n) is 1.62. The van der Waals surface area contributed by atoms with Crippen molar-refractivity contribution in [3.8, 4) is 0 Å². The fourth-order valence-electron chi connectivity index (χ4n) is 0.734. The maximum atomic E-state index is 12.0. The molecule has 1 atom stereocenters. The van der Waals surface area contributed by atoms with Crippen molar-refractivity contribution in [1.29, 1.82) is 0 Å². The van der Waals surface area contributed by atoms with Gasteiger partial charge in [-0.15, -0.1) is 0 Å². The number of rotatable bonds is 3. The van der Waals surface area contributed by atoms with Crippen molar-refractivity contribution >= 4 is 5.96 Å². The molecule has 1 fully saturated rings. The molecule has 0 bridgehead atoms. The summed E-state index contributed by atoms with van der Waals surface area (Å²) in [5.41, 5.74) is 5.36. The molecule has 0 spiro atoms. The monoisotopic (exact) mass is 177 g/mol. The molecule has 0 amide bonds. The number of alkyl halides is 2. The van der Waals surface area contributed by atoms with Crippen LogP contribution in [0.4, 0.5) is 8.78 Å². The van der Waals surface area contributed by atoms with Gasteiger partial charge in [0.1, 0.15) is 0 Å². The Labute approximate surface area is 70.0 Å². The normalized spacial score (nSPS) is 21.2. The Kier molecular flexibility index (Phi) is 2.83. The Hall–Kier alpha value is -0.870. The molecule has 1 rings (SSSR count). The van der Waals surface area contributed by atoms with Crippen molar-refractivity contribution in [1.82, 2.24) is 5.32 Å². The summed E-state index contributed by atoms with van der Waals surface area (Å²) in [6, 6.07) is -0.658. The first kappa shape index (κ1) is 9.22. The van der Waals surface area contributed by atoms with Gasteiger partial charge in [0, 0.05) is 0 Å². The highest BCUT2D eigenvalue weighted by molar-refractivity contribution is 5.78. The maximum Gasteiger partial charge on any atom is 0.258 e. The van der Waals surface area contributed by atoms with Gasteiger partial charge < -0.3 is 11.1 Å². The van der Waals surface area contributed by atoms with E-state index in [1.54, 1.807) is 0 Å². The summed E-state index contributed by atoms with van der Waals surface area (Å²) < 4.78 is 23.9. The first-order chi connectivity index (χ1) is 5.59. The van der Waals surface area contributed by atoms with Gasteiger partial charge in [0.2, 0.25) is 0 Å². The lowest BCUT2D eigenvalue weighted by Gasteiger charge is -2.12. The van der Waals surface area contributed by atoms with Crippen LogP contribution >= 0.6 is 0 Å². The summed E-state index contributed by atoms with van der Waals surface area (Å²) in [5, 5.41) is 2.43. The van der Waals surface area contributed by atoms with E-state index < -0.39 is 12.5 Å². The molecule has 12 heavy (non-hydrogen) atoms. The van der Waals surface area contributed by atoms with E-state index in [0.717, 1.165) is 12.8 Å². The second-order valence-corrected chi connectivity index (χ2v) is 3.01. The molecule has 0 aromatic carbocycles. The first-order valence-electron chi connectivity index (χ1n) is 3.97. The molecule has 0 heterocycles. The van der Waals surface area contributed by atoms with Crippen molar-refractivity contribution in [2.45, 2.75) is 38.3 Å². The maximum absolute atomic E-state index is 12.0. The highest BCUT2D eigenvalue weighted by Crippen LogP contribution is 2.22. The average Bonchev–Trinajstić information content (AvgIpc) is 2.71.